The van der Waals surface area contributed by atoms with Gasteiger partial charge in [-0.1, -0.05) is 50.2 Å². The highest BCUT2D eigenvalue weighted by Gasteiger charge is 2.28. The molecule has 2 N–H and O–H groups in total. The molecule has 2 nitrogen and oxygen atoms in total. The van der Waals surface area contributed by atoms with E-state index in [1.54, 1.807) is 7.11 Å². The van der Waals surface area contributed by atoms with Crippen LogP contribution < -0.4 is 20.9 Å². The first-order valence-electron chi connectivity index (χ1n) is 7.31. The van der Waals surface area contributed by atoms with E-state index in [1.807, 2.05) is 12.1 Å². The maximum Gasteiger partial charge on any atom is 0.124 e. The van der Waals surface area contributed by atoms with Gasteiger partial charge in [0.25, 0.3) is 0 Å². The topological polar surface area (TPSA) is 35.2 Å². The molecule has 0 amide bonds. The molecule has 0 atom stereocenters. The first-order chi connectivity index (χ1) is 10.0. The van der Waals surface area contributed by atoms with Crippen molar-refractivity contribution in [1.82, 2.24) is 0 Å². The van der Waals surface area contributed by atoms with Gasteiger partial charge in [-0.3, -0.25) is 0 Å². The Morgan fingerprint density at radius 3 is 2.14 bits per heavy atom. The van der Waals surface area contributed by atoms with Crippen molar-refractivity contribution in [3.05, 3.63) is 64.0 Å². The summed E-state index contributed by atoms with van der Waals surface area (Å²) in [5.41, 5.74) is 8.30. The Balaban J connectivity index is 2.15. The van der Waals surface area contributed by atoms with E-state index >= 15 is 0 Å². The molecular weight excluding hydrogens is 258 g/mol. The Labute approximate surface area is 125 Å². The second-order valence-corrected chi connectivity index (χ2v) is 5.97. The lowest BCUT2D eigenvalue weighted by Gasteiger charge is -2.24. The van der Waals surface area contributed by atoms with Crippen LogP contribution in [0.15, 0.2) is 42.5 Å². The van der Waals surface area contributed by atoms with E-state index in [4.69, 9.17) is 10.5 Å². The number of methoxy groups -OCH3 is 1. The Morgan fingerprint density at radius 2 is 1.62 bits per heavy atom. The van der Waals surface area contributed by atoms with E-state index in [0.717, 1.165) is 11.3 Å². The Bertz CT molecular complexity index is 754. The van der Waals surface area contributed by atoms with Crippen LogP contribution >= 0.6 is 0 Å². The van der Waals surface area contributed by atoms with E-state index in [1.165, 1.54) is 16.0 Å². The molecule has 0 saturated carbocycles. The predicted octanol–water partition coefficient (Wildman–Crippen LogP) is 2.25. The lowest BCUT2D eigenvalue weighted by atomic mass is 9.89. The average Bonchev–Trinajstić information content (AvgIpc) is 2.83. The summed E-state index contributed by atoms with van der Waals surface area (Å²) >= 11 is 0. The van der Waals surface area contributed by atoms with Gasteiger partial charge in [0.2, 0.25) is 0 Å². The molecule has 1 aliphatic rings. The third-order valence-corrected chi connectivity index (χ3v) is 4.14. The van der Waals surface area contributed by atoms with Gasteiger partial charge in [-0.05, 0) is 40.1 Å². The molecule has 3 rings (SSSR count). The monoisotopic (exact) mass is 279 g/mol. The summed E-state index contributed by atoms with van der Waals surface area (Å²) < 4.78 is 5.59. The summed E-state index contributed by atoms with van der Waals surface area (Å²) in [5.74, 6) is 1.32. The quantitative estimate of drug-likeness (QED) is 0.935. The zero-order chi connectivity index (χ0) is 15.0. The van der Waals surface area contributed by atoms with Gasteiger partial charge in [-0.25, -0.2) is 0 Å². The number of hydrogen-bond acceptors (Lipinski definition) is 2. The summed E-state index contributed by atoms with van der Waals surface area (Å²) in [7, 11) is 1.70. The third-order valence-electron chi connectivity index (χ3n) is 4.14. The minimum Gasteiger partial charge on any atom is -0.496 e. The van der Waals surface area contributed by atoms with E-state index < -0.39 is 5.54 Å². The predicted molar refractivity (Wildman–Crippen MR) is 87.6 cm³/mol. The van der Waals surface area contributed by atoms with Crippen LogP contribution in [0.25, 0.3) is 12.2 Å². The van der Waals surface area contributed by atoms with Crippen LogP contribution in [0.5, 0.6) is 5.75 Å². The normalized spacial score (nSPS) is 15.3. The minimum absolute atomic E-state index is 0.468. The number of benzene rings is 2. The van der Waals surface area contributed by atoms with Gasteiger partial charge in [-0.15, -0.1) is 0 Å². The van der Waals surface area contributed by atoms with Crippen molar-refractivity contribution in [1.29, 1.82) is 0 Å². The number of fused-ring (bicyclic) bond motifs is 1. The molecule has 0 fully saturated rings. The molecule has 108 valence electrons. The minimum atomic E-state index is -0.607. The first-order valence-corrected chi connectivity index (χ1v) is 7.31. The van der Waals surface area contributed by atoms with Crippen molar-refractivity contribution in [3.63, 3.8) is 0 Å². The van der Waals surface area contributed by atoms with Gasteiger partial charge in [0.15, 0.2) is 0 Å². The molecule has 0 bridgehead atoms. The Kier molecular flexibility index (Phi) is 3.34. The van der Waals surface area contributed by atoms with Crippen LogP contribution in [0, 0.1) is 0 Å². The molecule has 0 aromatic heterocycles. The SMILES string of the molecule is COc1cc(C(C)C)ccc1C1(N)C=c2ccccc2=C1. The number of nitrogens with two attached hydrogens (primary N) is 1. The van der Waals surface area contributed by atoms with E-state index in [2.05, 4.69) is 56.3 Å². The fourth-order valence-electron chi connectivity index (χ4n) is 2.91. The van der Waals surface area contributed by atoms with Crippen molar-refractivity contribution >= 4 is 12.2 Å². The van der Waals surface area contributed by atoms with Crippen molar-refractivity contribution in [2.75, 3.05) is 7.11 Å². The standard InChI is InChI=1S/C19H21NO/c1-13(2)14-8-9-17(18(10-14)21-3)19(20)11-15-6-4-5-7-16(15)12-19/h4-13H,20H2,1-3H3. The second-order valence-electron chi connectivity index (χ2n) is 5.97. The zero-order valence-electron chi connectivity index (χ0n) is 12.8. The maximum atomic E-state index is 6.64. The van der Waals surface area contributed by atoms with Gasteiger partial charge < -0.3 is 10.5 Å². The molecule has 0 unspecified atom stereocenters. The van der Waals surface area contributed by atoms with Gasteiger partial charge in [0.1, 0.15) is 5.75 Å². The molecule has 0 radical (unpaired) electrons. The summed E-state index contributed by atoms with van der Waals surface area (Å²) in [6, 6.07) is 14.6. The maximum absolute atomic E-state index is 6.64. The van der Waals surface area contributed by atoms with Crippen LogP contribution in [-0.4, -0.2) is 7.11 Å². The molecular formula is C19H21NO. The molecule has 2 aromatic carbocycles. The molecule has 0 aliphatic heterocycles. The van der Waals surface area contributed by atoms with E-state index in [-0.39, 0.29) is 0 Å². The number of ether oxygens (including phenoxy) is 1. The van der Waals surface area contributed by atoms with Crippen molar-refractivity contribution in [2.24, 2.45) is 5.73 Å². The molecule has 2 heteroatoms. The third kappa shape index (κ3) is 2.36. The fraction of sp³-hybridized carbons (Fsp3) is 0.263. The smallest absolute Gasteiger partial charge is 0.124 e. The second kappa shape index (κ2) is 5.05. The summed E-state index contributed by atoms with van der Waals surface area (Å²) in [4.78, 5) is 0. The molecule has 1 aliphatic carbocycles. The first kappa shape index (κ1) is 13.9. The van der Waals surface area contributed by atoms with Gasteiger partial charge in [0.05, 0.1) is 12.6 Å². The largest absolute Gasteiger partial charge is 0.496 e. The van der Waals surface area contributed by atoms with Crippen LogP contribution in [0.2, 0.25) is 0 Å². The highest BCUT2D eigenvalue weighted by molar-refractivity contribution is 5.68. The van der Waals surface area contributed by atoms with Gasteiger partial charge >= 0.3 is 0 Å². The van der Waals surface area contributed by atoms with Crippen molar-refractivity contribution < 1.29 is 4.74 Å². The molecule has 0 spiro atoms. The summed E-state index contributed by atoms with van der Waals surface area (Å²) in [6.07, 6.45) is 4.21. The number of rotatable bonds is 3. The van der Waals surface area contributed by atoms with Crippen LogP contribution in [0.3, 0.4) is 0 Å². The van der Waals surface area contributed by atoms with Crippen LogP contribution in [0.1, 0.15) is 30.9 Å². The lowest BCUT2D eigenvalue weighted by Crippen LogP contribution is -2.31. The zero-order valence-corrected chi connectivity index (χ0v) is 12.8. The van der Waals surface area contributed by atoms with Gasteiger partial charge in [0, 0.05) is 5.56 Å². The van der Waals surface area contributed by atoms with Crippen molar-refractivity contribution in [2.45, 2.75) is 25.3 Å². The summed E-state index contributed by atoms with van der Waals surface area (Å²) in [6.45, 7) is 4.35. The van der Waals surface area contributed by atoms with Crippen LogP contribution in [-0.2, 0) is 5.54 Å². The molecule has 0 heterocycles. The highest BCUT2D eigenvalue weighted by Crippen LogP contribution is 2.34. The molecule has 2 aromatic rings. The molecule has 21 heavy (non-hydrogen) atoms. The fourth-order valence-corrected chi connectivity index (χ4v) is 2.91. The molecule has 0 saturated heterocycles. The van der Waals surface area contributed by atoms with E-state index in [0.29, 0.717) is 5.92 Å². The average molecular weight is 279 g/mol. The summed E-state index contributed by atoms with van der Waals surface area (Å²) in [5, 5.41) is 2.35. The van der Waals surface area contributed by atoms with E-state index in [9.17, 15) is 0 Å². The van der Waals surface area contributed by atoms with Crippen LogP contribution in [0.4, 0.5) is 0 Å². The highest BCUT2D eigenvalue weighted by atomic mass is 16.5. The van der Waals surface area contributed by atoms with Gasteiger partial charge in [-0.2, -0.15) is 0 Å². The number of hydrogen-bond donors (Lipinski definition) is 1. The Hall–Kier alpha value is -2.06. The Morgan fingerprint density at radius 1 is 1.00 bits per heavy atom. The lowest BCUT2D eigenvalue weighted by molar-refractivity contribution is 0.405. The van der Waals surface area contributed by atoms with Crippen molar-refractivity contribution in [3.8, 4) is 5.75 Å².